The molecule has 4 heterocycles. The number of nitrogens with zero attached hydrogens (tertiary/aromatic N) is 4. The first-order valence-corrected chi connectivity index (χ1v) is 7.94. The van der Waals surface area contributed by atoms with Gasteiger partial charge in [0.05, 0.1) is 30.6 Å². The summed E-state index contributed by atoms with van der Waals surface area (Å²) in [6.45, 7) is 3.44. The molecule has 1 unspecified atom stereocenters. The van der Waals surface area contributed by atoms with Crippen molar-refractivity contribution in [1.82, 2.24) is 24.5 Å². The van der Waals surface area contributed by atoms with Crippen molar-refractivity contribution in [3.05, 3.63) is 40.9 Å². The number of hydrogen-bond donors (Lipinski definition) is 1. The third-order valence-electron chi connectivity index (χ3n) is 3.91. The van der Waals surface area contributed by atoms with Crippen LogP contribution in [-0.4, -0.2) is 50.1 Å². The molecule has 8 heteroatoms. The summed E-state index contributed by atoms with van der Waals surface area (Å²) >= 11 is 1.53. The van der Waals surface area contributed by atoms with E-state index in [0.29, 0.717) is 25.5 Å². The number of hydrogen-bond acceptors (Lipinski definition) is 5. The van der Waals surface area contributed by atoms with Gasteiger partial charge in [0.25, 0.3) is 5.91 Å². The van der Waals surface area contributed by atoms with Crippen LogP contribution in [0.15, 0.2) is 23.8 Å². The molecular formula is C14H15N5O2S. The lowest BCUT2D eigenvalue weighted by Gasteiger charge is -2.34. The van der Waals surface area contributed by atoms with Crippen molar-refractivity contribution < 1.29 is 9.53 Å². The zero-order valence-corrected chi connectivity index (χ0v) is 12.8. The number of fused-ring (bicyclic) bond motifs is 1. The van der Waals surface area contributed by atoms with Gasteiger partial charge in [0.2, 0.25) is 0 Å². The normalized spacial score (nSPS) is 19.0. The first kappa shape index (κ1) is 13.5. The van der Waals surface area contributed by atoms with Gasteiger partial charge in [-0.3, -0.25) is 14.3 Å². The van der Waals surface area contributed by atoms with Crippen molar-refractivity contribution in [2.45, 2.75) is 13.0 Å². The summed E-state index contributed by atoms with van der Waals surface area (Å²) in [5.74, 6) is -0.0219. The van der Waals surface area contributed by atoms with Crippen LogP contribution in [0.2, 0.25) is 0 Å². The Morgan fingerprint density at radius 1 is 1.55 bits per heavy atom. The van der Waals surface area contributed by atoms with Crippen molar-refractivity contribution in [3.8, 4) is 0 Å². The predicted octanol–water partition coefficient (Wildman–Crippen LogP) is 1.64. The van der Waals surface area contributed by atoms with Gasteiger partial charge in [0.15, 0.2) is 4.96 Å². The van der Waals surface area contributed by atoms with Crippen LogP contribution in [-0.2, 0) is 4.74 Å². The van der Waals surface area contributed by atoms with Gasteiger partial charge < -0.3 is 9.64 Å². The third-order valence-corrected chi connectivity index (χ3v) is 4.67. The highest BCUT2D eigenvalue weighted by Gasteiger charge is 2.32. The molecule has 0 aromatic carbocycles. The van der Waals surface area contributed by atoms with E-state index in [4.69, 9.17) is 4.74 Å². The number of carbonyl (C=O) groups excluding carboxylic acids is 1. The first-order chi connectivity index (χ1) is 10.8. The van der Waals surface area contributed by atoms with Crippen LogP contribution in [0.4, 0.5) is 0 Å². The molecule has 1 N–H and O–H groups in total. The van der Waals surface area contributed by atoms with Gasteiger partial charge in [0, 0.05) is 24.3 Å². The smallest absolute Gasteiger partial charge is 0.273 e. The van der Waals surface area contributed by atoms with Gasteiger partial charge in [-0.2, -0.15) is 5.10 Å². The van der Waals surface area contributed by atoms with Crippen LogP contribution in [0.5, 0.6) is 0 Å². The quantitative estimate of drug-likeness (QED) is 0.779. The molecule has 0 spiro atoms. The lowest BCUT2D eigenvalue weighted by molar-refractivity contribution is -0.00431. The highest BCUT2D eigenvalue weighted by Crippen LogP contribution is 2.26. The second kappa shape index (κ2) is 5.22. The molecule has 114 valence electrons. The Morgan fingerprint density at radius 2 is 2.45 bits per heavy atom. The second-order valence-corrected chi connectivity index (χ2v) is 6.08. The molecule has 1 atom stereocenters. The molecule has 22 heavy (non-hydrogen) atoms. The van der Waals surface area contributed by atoms with Gasteiger partial charge in [-0.1, -0.05) is 0 Å². The first-order valence-electron chi connectivity index (χ1n) is 7.06. The Hall–Kier alpha value is -2.19. The molecule has 1 aliphatic heterocycles. The summed E-state index contributed by atoms with van der Waals surface area (Å²) < 4.78 is 7.41. The minimum atomic E-state index is -0.146. The topological polar surface area (TPSA) is 75.5 Å². The third kappa shape index (κ3) is 2.03. The number of carbonyl (C=O) groups is 1. The molecule has 4 rings (SSSR count). The standard InChI is InChI=1S/C14H15N5O2S/c1-9-12(19-5-7-22-14(19)16-9)13(20)18-4-6-21-8-11(18)10-2-3-15-17-10/h2-3,5,7,11H,4,6,8H2,1H3,(H,15,17). The van der Waals surface area contributed by atoms with Crippen molar-refractivity contribution in [1.29, 1.82) is 0 Å². The molecule has 1 fully saturated rings. The molecule has 1 amide bonds. The molecule has 1 aliphatic rings. The van der Waals surface area contributed by atoms with E-state index < -0.39 is 0 Å². The maximum absolute atomic E-state index is 13.1. The van der Waals surface area contributed by atoms with E-state index in [9.17, 15) is 4.79 Å². The van der Waals surface area contributed by atoms with Gasteiger partial charge in [-0.25, -0.2) is 4.98 Å². The molecule has 0 saturated carbocycles. The summed E-state index contributed by atoms with van der Waals surface area (Å²) in [6, 6.07) is 1.73. The Kier molecular flexibility index (Phi) is 3.20. The number of aromatic amines is 1. The van der Waals surface area contributed by atoms with Gasteiger partial charge in [-0.15, -0.1) is 11.3 Å². The molecule has 0 bridgehead atoms. The van der Waals surface area contributed by atoms with Crippen molar-refractivity contribution in [3.63, 3.8) is 0 Å². The van der Waals surface area contributed by atoms with Gasteiger partial charge in [-0.05, 0) is 13.0 Å². The fourth-order valence-electron chi connectivity index (χ4n) is 2.84. The summed E-state index contributed by atoms with van der Waals surface area (Å²) in [6.07, 6.45) is 3.58. The minimum absolute atomic E-state index is 0.0219. The number of ether oxygens (including phenoxy) is 1. The average molecular weight is 317 g/mol. The number of H-pyrrole nitrogens is 1. The highest BCUT2D eigenvalue weighted by molar-refractivity contribution is 7.15. The molecular weight excluding hydrogens is 302 g/mol. The number of amides is 1. The van der Waals surface area contributed by atoms with E-state index >= 15 is 0 Å². The largest absolute Gasteiger partial charge is 0.377 e. The lowest BCUT2D eigenvalue weighted by atomic mass is 10.1. The summed E-state index contributed by atoms with van der Waals surface area (Å²) in [5, 5.41) is 8.85. The Bertz CT molecular complexity index is 807. The van der Waals surface area contributed by atoms with Crippen LogP contribution >= 0.6 is 11.3 Å². The number of thiazole rings is 1. The van der Waals surface area contributed by atoms with Crippen LogP contribution in [0, 0.1) is 6.92 Å². The molecule has 7 nitrogen and oxygen atoms in total. The number of nitrogens with one attached hydrogen (secondary N) is 1. The monoisotopic (exact) mass is 317 g/mol. The van der Waals surface area contributed by atoms with E-state index in [2.05, 4.69) is 15.2 Å². The van der Waals surface area contributed by atoms with E-state index in [0.717, 1.165) is 16.3 Å². The van der Waals surface area contributed by atoms with Gasteiger partial charge in [0.1, 0.15) is 5.69 Å². The Balaban J connectivity index is 1.74. The maximum Gasteiger partial charge on any atom is 0.273 e. The zero-order valence-electron chi connectivity index (χ0n) is 12.0. The molecule has 3 aromatic rings. The van der Waals surface area contributed by atoms with Crippen LogP contribution in [0.1, 0.15) is 27.9 Å². The maximum atomic E-state index is 13.1. The molecule has 0 aliphatic carbocycles. The average Bonchev–Trinajstić information content (AvgIpc) is 3.23. The van der Waals surface area contributed by atoms with Crippen molar-refractivity contribution >= 4 is 22.2 Å². The fraction of sp³-hybridized carbons (Fsp3) is 0.357. The fourth-order valence-corrected chi connectivity index (χ4v) is 3.60. The SMILES string of the molecule is Cc1nc2sccn2c1C(=O)N1CCOCC1c1ccn[nH]1. The predicted molar refractivity (Wildman–Crippen MR) is 81.0 cm³/mol. The van der Waals surface area contributed by atoms with Crippen molar-refractivity contribution in [2.24, 2.45) is 0 Å². The summed E-state index contributed by atoms with van der Waals surface area (Å²) in [5.41, 5.74) is 2.27. The molecule has 1 saturated heterocycles. The zero-order chi connectivity index (χ0) is 15.1. The summed E-state index contributed by atoms with van der Waals surface area (Å²) in [7, 11) is 0. The van der Waals surface area contributed by atoms with E-state index in [1.807, 2.05) is 33.9 Å². The van der Waals surface area contributed by atoms with E-state index in [1.165, 1.54) is 11.3 Å². The lowest BCUT2D eigenvalue weighted by Crippen LogP contribution is -2.44. The Labute approximate surface area is 130 Å². The second-order valence-electron chi connectivity index (χ2n) is 5.20. The van der Waals surface area contributed by atoms with E-state index in [-0.39, 0.29) is 11.9 Å². The van der Waals surface area contributed by atoms with Crippen LogP contribution in [0.3, 0.4) is 0 Å². The van der Waals surface area contributed by atoms with E-state index in [1.54, 1.807) is 6.20 Å². The van der Waals surface area contributed by atoms with Gasteiger partial charge >= 0.3 is 0 Å². The number of aromatic nitrogens is 4. The van der Waals surface area contributed by atoms with Crippen LogP contribution < -0.4 is 0 Å². The number of aryl methyl sites for hydroxylation is 1. The Morgan fingerprint density at radius 3 is 3.27 bits per heavy atom. The highest BCUT2D eigenvalue weighted by atomic mass is 32.1. The number of morpholine rings is 1. The number of rotatable bonds is 2. The molecule has 3 aromatic heterocycles. The number of imidazole rings is 1. The molecule has 0 radical (unpaired) electrons. The summed E-state index contributed by atoms with van der Waals surface area (Å²) in [4.78, 5) is 20.2. The minimum Gasteiger partial charge on any atom is -0.377 e. The van der Waals surface area contributed by atoms with Crippen molar-refractivity contribution in [2.75, 3.05) is 19.8 Å². The van der Waals surface area contributed by atoms with Crippen LogP contribution in [0.25, 0.3) is 4.96 Å².